The maximum Gasteiger partial charge on any atom is 0.0505 e. The molecule has 1 aromatic heterocycles. The smallest absolute Gasteiger partial charge is 0.0505 e. The molecule has 0 aliphatic carbocycles. The zero-order valence-corrected chi connectivity index (χ0v) is 11.4. The summed E-state index contributed by atoms with van der Waals surface area (Å²) in [6.07, 6.45) is 2.83. The number of pyridine rings is 1. The van der Waals surface area contributed by atoms with Crippen molar-refractivity contribution >= 4 is 17.3 Å². The van der Waals surface area contributed by atoms with Gasteiger partial charge in [0.1, 0.15) is 0 Å². The highest BCUT2D eigenvalue weighted by Crippen LogP contribution is 2.32. The number of anilines is 1. The van der Waals surface area contributed by atoms with E-state index < -0.39 is 0 Å². The standard InChI is InChI=1S/C15H17ClN2/c1-10(2)8-12-7-6-11(9-18-12)15-13(16)4-3-5-14(15)17/h3-7,9-10H,8,17H2,1-2H3. The zero-order valence-electron chi connectivity index (χ0n) is 10.7. The Balaban J connectivity index is 2.35. The third-order valence-electron chi connectivity index (χ3n) is 2.78. The molecule has 0 saturated carbocycles. The van der Waals surface area contributed by atoms with Crippen LogP contribution in [0.2, 0.25) is 5.02 Å². The summed E-state index contributed by atoms with van der Waals surface area (Å²) in [5, 5.41) is 0.661. The first-order chi connectivity index (χ1) is 8.58. The summed E-state index contributed by atoms with van der Waals surface area (Å²) >= 11 is 6.18. The van der Waals surface area contributed by atoms with Gasteiger partial charge in [-0.3, -0.25) is 4.98 Å². The lowest BCUT2D eigenvalue weighted by atomic mass is 10.0. The Kier molecular flexibility index (Phi) is 3.87. The van der Waals surface area contributed by atoms with Crippen molar-refractivity contribution in [3.8, 4) is 11.1 Å². The molecule has 0 spiro atoms. The van der Waals surface area contributed by atoms with Crippen molar-refractivity contribution in [2.24, 2.45) is 5.92 Å². The SMILES string of the molecule is CC(C)Cc1ccc(-c2c(N)cccc2Cl)cn1. The lowest BCUT2D eigenvalue weighted by Crippen LogP contribution is -1.97. The van der Waals surface area contributed by atoms with Gasteiger partial charge in [0, 0.05) is 28.7 Å². The number of nitrogen functional groups attached to an aromatic ring is 1. The molecule has 1 aromatic carbocycles. The second-order valence-corrected chi connectivity index (χ2v) is 5.25. The van der Waals surface area contributed by atoms with Crippen LogP contribution in [0.1, 0.15) is 19.5 Å². The Morgan fingerprint density at radius 1 is 1.22 bits per heavy atom. The van der Waals surface area contributed by atoms with E-state index in [9.17, 15) is 0 Å². The summed E-state index contributed by atoms with van der Waals surface area (Å²) < 4.78 is 0. The van der Waals surface area contributed by atoms with Gasteiger partial charge in [-0.05, 0) is 30.5 Å². The fraction of sp³-hybridized carbons (Fsp3) is 0.267. The van der Waals surface area contributed by atoms with Gasteiger partial charge in [0.2, 0.25) is 0 Å². The molecule has 2 N–H and O–H groups in total. The Morgan fingerprint density at radius 2 is 2.00 bits per heavy atom. The molecule has 18 heavy (non-hydrogen) atoms. The molecule has 0 radical (unpaired) electrons. The third-order valence-corrected chi connectivity index (χ3v) is 3.09. The molecule has 0 amide bonds. The molecule has 0 unspecified atom stereocenters. The molecule has 0 atom stereocenters. The van der Waals surface area contributed by atoms with Gasteiger partial charge in [0.05, 0.1) is 5.02 Å². The topological polar surface area (TPSA) is 38.9 Å². The van der Waals surface area contributed by atoms with Crippen molar-refractivity contribution in [3.05, 3.63) is 47.2 Å². The zero-order chi connectivity index (χ0) is 13.1. The van der Waals surface area contributed by atoms with E-state index in [2.05, 4.69) is 18.8 Å². The quantitative estimate of drug-likeness (QED) is 0.841. The number of benzene rings is 1. The molecule has 0 fully saturated rings. The van der Waals surface area contributed by atoms with Crippen LogP contribution in [0.4, 0.5) is 5.69 Å². The monoisotopic (exact) mass is 260 g/mol. The van der Waals surface area contributed by atoms with Crippen LogP contribution < -0.4 is 5.73 Å². The van der Waals surface area contributed by atoms with E-state index in [0.717, 1.165) is 23.2 Å². The molecular formula is C15H17ClN2. The van der Waals surface area contributed by atoms with Gasteiger partial charge < -0.3 is 5.73 Å². The molecule has 94 valence electrons. The summed E-state index contributed by atoms with van der Waals surface area (Å²) in [5.41, 5.74) is 9.57. The summed E-state index contributed by atoms with van der Waals surface area (Å²) in [4.78, 5) is 4.46. The average Bonchev–Trinajstić information content (AvgIpc) is 2.30. The molecule has 0 aliphatic rings. The van der Waals surface area contributed by atoms with Gasteiger partial charge in [0.25, 0.3) is 0 Å². The fourth-order valence-corrected chi connectivity index (χ4v) is 2.25. The van der Waals surface area contributed by atoms with Crippen LogP contribution in [0.25, 0.3) is 11.1 Å². The average molecular weight is 261 g/mol. The van der Waals surface area contributed by atoms with Gasteiger partial charge in [-0.15, -0.1) is 0 Å². The highest BCUT2D eigenvalue weighted by molar-refractivity contribution is 6.34. The highest BCUT2D eigenvalue weighted by atomic mass is 35.5. The van der Waals surface area contributed by atoms with E-state index in [-0.39, 0.29) is 0 Å². The van der Waals surface area contributed by atoms with Crippen molar-refractivity contribution in [1.29, 1.82) is 0 Å². The number of halogens is 1. The van der Waals surface area contributed by atoms with Gasteiger partial charge in [-0.2, -0.15) is 0 Å². The predicted octanol–water partition coefficient (Wildman–Crippen LogP) is 4.18. The summed E-state index contributed by atoms with van der Waals surface area (Å²) in [6.45, 7) is 4.36. The van der Waals surface area contributed by atoms with Crippen molar-refractivity contribution in [2.45, 2.75) is 20.3 Å². The van der Waals surface area contributed by atoms with E-state index >= 15 is 0 Å². The number of nitrogens with two attached hydrogens (primary N) is 1. The van der Waals surface area contributed by atoms with Crippen LogP contribution in [0.15, 0.2) is 36.5 Å². The summed E-state index contributed by atoms with van der Waals surface area (Å²) in [5.74, 6) is 0.605. The lowest BCUT2D eigenvalue weighted by molar-refractivity contribution is 0.635. The van der Waals surface area contributed by atoms with Crippen molar-refractivity contribution in [1.82, 2.24) is 4.98 Å². The van der Waals surface area contributed by atoms with Crippen LogP contribution in [0, 0.1) is 5.92 Å². The van der Waals surface area contributed by atoms with Crippen molar-refractivity contribution in [2.75, 3.05) is 5.73 Å². The first kappa shape index (κ1) is 12.9. The fourth-order valence-electron chi connectivity index (χ4n) is 1.96. The molecular weight excluding hydrogens is 244 g/mol. The number of aromatic nitrogens is 1. The largest absolute Gasteiger partial charge is 0.398 e. The van der Waals surface area contributed by atoms with E-state index in [0.29, 0.717) is 16.6 Å². The predicted molar refractivity (Wildman–Crippen MR) is 77.6 cm³/mol. The molecule has 0 bridgehead atoms. The maximum atomic E-state index is 6.18. The van der Waals surface area contributed by atoms with Crippen LogP contribution in [0.3, 0.4) is 0 Å². The van der Waals surface area contributed by atoms with E-state index in [1.165, 1.54) is 0 Å². The van der Waals surface area contributed by atoms with Crippen molar-refractivity contribution < 1.29 is 0 Å². The Hall–Kier alpha value is -1.54. The number of hydrogen-bond acceptors (Lipinski definition) is 2. The second kappa shape index (κ2) is 5.40. The lowest BCUT2D eigenvalue weighted by Gasteiger charge is -2.09. The molecule has 2 aromatic rings. The van der Waals surface area contributed by atoms with Crippen LogP contribution in [0.5, 0.6) is 0 Å². The number of rotatable bonds is 3. The first-order valence-corrected chi connectivity index (χ1v) is 6.45. The minimum absolute atomic E-state index is 0.605. The maximum absolute atomic E-state index is 6.18. The van der Waals surface area contributed by atoms with Crippen molar-refractivity contribution in [3.63, 3.8) is 0 Å². The second-order valence-electron chi connectivity index (χ2n) is 4.84. The first-order valence-electron chi connectivity index (χ1n) is 6.07. The molecule has 3 heteroatoms. The number of hydrogen-bond donors (Lipinski definition) is 1. The number of nitrogens with zero attached hydrogens (tertiary/aromatic N) is 1. The third kappa shape index (κ3) is 2.82. The van der Waals surface area contributed by atoms with Gasteiger partial charge >= 0.3 is 0 Å². The molecule has 2 rings (SSSR count). The van der Waals surface area contributed by atoms with Crippen LogP contribution >= 0.6 is 11.6 Å². The highest BCUT2D eigenvalue weighted by Gasteiger charge is 2.08. The minimum atomic E-state index is 0.605. The van der Waals surface area contributed by atoms with E-state index in [1.54, 1.807) is 0 Å². The molecule has 1 heterocycles. The van der Waals surface area contributed by atoms with Gasteiger partial charge in [0.15, 0.2) is 0 Å². The van der Waals surface area contributed by atoms with Crippen LogP contribution in [-0.4, -0.2) is 4.98 Å². The molecule has 2 nitrogen and oxygen atoms in total. The summed E-state index contributed by atoms with van der Waals surface area (Å²) in [6, 6.07) is 9.61. The van der Waals surface area contributed by atoms with E-state index in [4.69, 9.17) is 17.3 Å². The Labute approximate surface area is 113 Å². The molecule has 0 saturated heterocycles. The minimum Gasteiger partial charge on any atom is -0.398 e. The summed E-state index contributed by atoms with van der Waals surface area (Å²) in [7, 11) is 0. The van der Waals surface area contributed by atoms with Crippen LogP contribution in [-0.2, 0) is 6.42 Å². The molecule has 0 aliphatic heterocycles. The van der Waals surface area contributed by atoms with Gasteiger partial charge in [-0.25, -0.2) is 0 Å². The van der Waals surface area contributed by atoms with Gasteiger partial charge in [-0.1, -0.05) is 37.6 Å². The Bertz CT molecular complexity index is 512. The Morgan fingerprint density at radius 3 is 2.56 bits per heavy atom. The van der Waals surface area contributed by atoms with E-state index in [1.807, 2.05) is 36.5 Å². The normalized spacial score (nSPS) is 10.9.